The first-order valence-electron chi connectivity index (χ1n) is 7.83. The Labute approximate surface area is 154 Å². The Morgan fingerprint density at radius 1 is 1.08 bits per heavy atom. The van der Waals surface area contributed by atoms with Gasteiger partial charge in [-0.1, -0.05) is 52.3 Å². The van der Waals surface area contributed by atoms with Crippen molar-refractivity contribution in [2.45, 2.75) is 13.0 Å². The van der Waals surface area contributed by atoms with E-state index in [1.807, 2.05) is 61.5 Å². The van der Waals surface area contributed by atoms with Crippen LogP contribution in [-0.4, -0.2) is 15.9 Å². The van der Waals surface area contributed by atoms with Gasteiger partial charge < -0.3 is 10.6 Å². The maximum Gasteiger partial charge on any atom is 0.274 e. The molecule has 1 aromatic heterocycles. The topological polar surface area (TPSA) is 66.9 Å². The van der Waals surface area contributed by atoms with E-state index in [1.165, 1.54) is 0 Å². The van der Waals surface area contributed by atoms with Gasteiger partial charge in [0, 0.05) is 16.4 Å². The fourth-order valence-electron chi connectivity index (χ4n) is 2.33. The Hall–Kier alpha value is -2.73. The zero-order valence-corrected chi connectivity index (χ0v) is 15.2. The quantitative estimate of drug-likeness (QED) is 0.657. The number of hydrogen-bond donors (Lipinski definition) is 2. The maximum atomic E-state index is 12.4. The molecule has 0 radical (unpaired) electrons. The molecule has 3 aromatic rings. The highest BCUT2D eigenvalue weighted by molar-refractivity contribution is 9.10. The van der Waals surface area contributed by atoms with Crippen LogP contribution in [0.2, 0.25) is 0 Å². The van der Waals surface area contributed by atoms with E-state index in [0.717, 1.165) is 10.0 Å². The van der Waals surface area contributed by atoms with Gasteiger partial charge in [0.25, 0.3) is 5.91 Å². The van der Waals surface area contributed by atoms with Gasteiger partial charge in [0.15, 0.2) is 0 Å². The molecule has 0 aliphatic rings. The van der Waals surface area contributed by atoms with Crippen LogP contribution in [-0.2, 0) is 0 Å². The second kappa shape index (κ2) is 7.90. The highest BCUT2D eigenvalue weighted by atomic mass is 79.9. The summed E-state index contributed by atoms with van der Waals surface area (Å²) in [4.78, 5) is 20.9. The molecule has 126 valence electrons. The first kappa shape index (κ1) is 17.1. The molecule has 25 heavy (non-hydrogen) atoms. The lowest BCUT2D eigenvalue weighted by atomic mass is 10.1. The smallest absolute Gasteiger partial charge is 0.274 e. The summed E-state index contributed by atoms with van der Waals surface area (Å²) in [5, 5.41) is 6.04. The summed E-state index contributed by atoms with van der Waals surface area (Å²) < 4.78 is 0.895. The normalized spacial score (nSPS) is 11.6. The number of nitrogens with zero attached hydrogens (tertiary/aromatic N) is 2. The van der Waals surface area contributed by atoms with Crippen molar-refractivity contribution in [3.63, 3.8) is 0 Å². The number of rotatable bonds is 5. The number of nitrogens with one attached hydrogen (secondary N) is 2. The molecular formula is C19H17BrN4O. The van der Waals surface area contributed by atoms with Crippen LogP contribution in [0.5, 0.6) is 0 Å². The molecule has 0 aliphatic carbocycles. The number of hydrogen-bond acceptors (Lipinski definition) is 4. The van der Waals surface area contributed by atoms with Crippen molar-refractivity contribution in [2.75, 3.05) is 10.6 Å². The van der Waals surface area contributed by atoms with Crippen molar-refractivity contribution >= 4 is 33.5 Å². The number of carbonyl (C=O) groups is 1. The Kier molecular flexibility index (Phi) is 5.40. The van der Waals surface area contributed by atoms with Crippen LogP contribution < -0.4 is 10.6 Å². The van der Waals surface area contributed by atoms with Crippen molar-refractivity contribution < 1.29 is 4.79 Å². The van der Waals surface area contributed by atoms with Crippen LogP contribution in [0.3, 0.4) is 0 Å². The molecule has 0 spiro atoms. The third-order valence-corrected chi connectivity index (χ3v) is 4.11. The number of carbonyl (C=O) groups excluding carboxylic acids is 1. The Morgan fingerprint density at radius 2 is 1.88 bits per heavy atom. The molecule has 1 unspecified atom stereocenters. The number of anilines is 2. The first-order chi connectivity index (χ1) is 12.1. The molecule has 3 rings (SSSR count). The molecule has 0 aliphatic heterocycles. The van der Waals surface area contributed by atoms with Gasteiger partial charge in [-0.2, -0.15) is 0 Å². The third-order valence-electron chi connectivity index (χ3n) is 3.62. The van der Waals surface area contributed by atoms with E-state index < -0.39 is 0 Å². The van der Waals surface area contributed by atoms with E-state index in [4.69, 9.17) is 0 Å². The minimum absolute atomic E-state index is 0.0320. The lowest BCUT2D eigenvalue weighted by Gasteiger charge is -2.14. The number of benzene rings is 2. The minimum Gasteiger partial charge on any atom is -0.348 e. The van der Waals surface area contributed by atoms with E-state index in [-0.39, 0.29) is 11.9 Å². The molecule has 0 fully saturated rings. The van der Waals surface area contributed by atoms with Gasteiger partial charge in [-0.3, -0.25) is 4.79 Å². The summed E-state index contributed by atoms with van der Waals surface area (Å²) in [6.45, 7) is 2.02. The summed E-state index contributed by atoms with van der Waals surface area (Å²) in [5.74, 6) is 0.133. The van der Waals surface area contributed by atoms with Crippen LogP contribution >= 0.6 is 15.9 Å². The lowest BCUT2D eigenvalue weighted by molar-refractivity contribution is 0.102. The van der Waals surface area contributed by atoms with E-state index in [0.29, 0.717) is 17.3 Å². The third kappa shape index (κ3) is 4.64. The Bertz CT molecular complexity index is 870. The average molecular weight is 397 g/mol. The van der Waals surface area contributed by atoms with Gasteiger partial charge >= 0.3 is 0 Å². The van der Waals surface area contributed by atoms with Gasteiger partial charge in [0.05, 0.1) is 6.04 Å². The summed E-state index contributed by atoms with van der Waals surface area (Å²) in [6, 6.07) is 19.0. The fourth-order valence-corrected chi connectivity index (χ4v) is 2.73. The summed E-state index contributed by atoms with van der Waals surface area (Å²) in [5.41, 5.74) is 2.12. The predicted octanol–water partition coefficient (Wildman–Crippen LogP) is 4.66. The molecule has 1 heterocycles. The van der Waals surface area contributed by atoms with Crippen LogP contribution in [0.25, 0.3) is 0 Å². The van der Waals surface area contributed by atoms with Crippen LogP contribution in [0, 0.1) is 0 Å². The highest BCUT2D eigenvalue weighted by Gasteiger charge is 2.11. The summed E-state index contributed by atoms with van der Waals surface area (Å²) in [7, 11) is 0. The number of aromatic nitrogens is 2. The molecule has 1 amide bonds. The van der Waals surface area contributed by atoms with Crippen molar-refractivity contribution in [1.29, 1.82) is 0 Å². The van der Waals surface area contributed by atoms with E-state index in [1.54, 1.807) is 12.3 Å². The second-order valence-corrected chi connectivity index (χ2v) is 6.42. The molecular weight excluding hydrogens is 380 g/mol. The molecule has 2 N–H and O–H groups in total. The van der Waals surface area contributed by atoms with E-state index in [9.17, 15) is 4.79 Å². The average Bonchev–Trinajstić information content (AvgIpc) is 2.62. The molecule has 0 saturated carbocycles. The van der Waals surface area contributed by atoms with Crippen LogP contribution in [0.15, 0.2) is 71.3 Å². The zero-order valence-electron chi connectivity index (χ0n) is 13.6. The van der Waals surface area contributed by atoms with Crippen molar-refractivity contribution in [1.82, 2.24) is 9.97 Å². The zero-order chi connectivity index (χ0) is 17.6. The SMILES string of the molecule is CC(Nc1nccc(C(=O)Nc2cccc(Br)c2)n1)c1ccccc1. The van der Waals surface area contributed by atoms with Gasteiger partial charge in [0.2, 0.25) is 5.95 Å². The van der Waals surface area contributed by atoms with Gasteiger partial charge in [-0.15, -0.1) is 0 Å². The van der Waals surface area contributed by atoms with Crippen molar-refractivity contribution in [2.24, 2.45) is 0 Å². The first-order valence-corrected chi connectivity index (χ1v) is 8.62. The van der Waals surface area contributed by atoms with Crippen LogP contribution in [0.4, 0.5) is 11.6 Å². The van der Waals surface area contributed by atoms with Gasteiger partial charge in [0.1, 0.15) is 5.69 Å². The standard InChI is InChI=1S/C19H17BrN4O/c1-13(14-6-3-2-4-7-14)22-19-21-11-10-17(24-19)18(25)23-16-9-5-8-15(20)12-16/h2-13H,1H3,(H,23,25)(H,21,22,24). The Balaban J connectivity index is 1.71. The monoisotopic (exact) mass is 396 g/mol. The van der Waals surface area contributed by atoms with Gasteiger partial charge in [-0.25, -0.2) is 9.97 Å². The second-order valence-electron chi connectivity index (χ2n) is 5.51. The maximum absolute atomic E-state index is 12.4. The molecule has 0 saturated heterocycles. The predicted molar refractivity (Wildman–Crippen MR) is 103 cm³/mol. The Morgan fingerprint density at radius 3 is 2.64 bits per heavy atom. The molecule has 0 bridgehead atoms. The number of halogens is 1. The minimum atomic E-state index is -0.282. The van der Waals surface area contributed by atoms with E-state index in [2.05, 4.69) is 36.5 Å². The molecule has 5 nitrogen and oxygen atoms in total. The molecule has 2 aromatic carbocycles. The van der Waals surface area contributed by atoms with Crippen LogP contribution in [0.1, 0.15) is 29.0 Å². The lowest BCUT2D eigenvalue weighted by Crippen LogP contribution is -2.16. The molecule has 6 heteroatoms. The van der Waals surface area contributed by atoms with Crippen molar-refractivity contribution in [3.8, 4) is 0 Å². The molecule has 1 atom stereocenters. The van der Waals surface area contributed by atoms with Crippen molar-refractivity contribution in [3.05, 3.63) is 82.6 Å². The fraction of sp³-hybridized carbons (Fsp3) is 0.105. The summed E-state index contributed by atoms with van der Waals surface area (Å²) >= 11 is 3.38. The highest BCUT2D eigenvalue weighted by Crippen LogP contribution is 2.18. The van der Waals surface area contributed by atoms with E-state index >= 15 is 0 Å². The number of amides is 1. The largest absolute Gasteiger partial charge is 0.348 e. The van der Waals surface area contributed by atoms with Gasteiger partial charge in [-0.05, 0) is 36.8 Å². The summed E-state index contributed by atoms with van der Waals surface area (Å²) in [6.07, 6.45) is 1.57.